The van der Waals surface area contributed by atoms with Crippen LogP contribution in [-0.4, -0.2) is 38.4 Å². The molecule has 0 aromatic heterocycles. The Morgan fingerprint density at radius 3 is 1.38 bits per heavy atom. The molecular formula is C22H22O6Y+. The van der Waals surface area contributed by atoms with Gasteiger partial charge in [0.1, 0.15) is 26.4 Å². The molecule has 6 nitrogen and oxygen atoms in total. The van der Waals surface area contributed by atoms with Gasteiger partial charge in [0.25, 0.3) is 0 Å². The zero-order valence-electron chi connectivity index (χ0n) is 16.0. The van der Waals surface area contributed by atoms with Gasteiger partial charge in [-0.15, -0.1) is 24.3 Å². The van der Waals surface area contributed by atoms with E-state index >= 15 is 0 Å². The van der Waals surface area contributed by atoms with Gasteiger partial charge < -0.3 is 18.9 Å². The summed E-state index contributed by atoms with van der Waals surface area (Å²) in [6, 6.07) is 19.9. The fourth-order valence-corrected chi connectivity index (χ4v) is 1.66. The van der Waals surface area contributed by atoms with E-state index in [0.717, 1.165) is 23.7 Å². The number of ether oxygens (including phenoxy) is 4. The van der Waals surface area contributed by atoms with Gasteiger partial charge in [-0.05, 0) is 0 Å². The van der Waals surface area contributed by atoms with Crippen LogP contribution >= 0.6 is 0 Å². The first kappa shape index (κ1) is 26.6. The number of hydrogen-bond donors (Lipinski definition) is 0. The normalized spacial score (nSPS) is 8.83. The first-order valence-electron chi connectivity index (χ1n) is 8.42. The molecule has 0 radical (unpaired) electrons. The summed E-state index contributed by atoms with van der Waals surface area (Å²) < 4.78 is 20.0. The summed E-state index contributed by atoms with van der Waals surface area (Å²) in [7, 11) is 0. The maximum atomic E-state index is 10.6. The number of hydrogen-bond acceptors (Lipinski definition) is 6. The first-order valence-corrected chi connectivity index (χ1v) is 8.42. The van der Waals surface area contributed by atoms with Crippen LogP contribution in [0.3, 0.4) is 0 Å². The van der Waals surface area contributed by atoms with Crippen LogP contribution in [0.25, 0.3) is 0 Å². The number of rotatable bonds is 10. The van der Waals surface area contributed by atoms with Gasteiger partial charge in [-0.25, -0.2) is 9.59 Å². The van der Waals surface area contributed by atoms with Gasteiger partial charge in [-0.3, -0.25) is 0 Å². The zero-order chi connectivity index (χ0) is 20.5. The molecule has 0 amide bonds. The van der Waals surface area contributed by atoms with Gasteiger partial charge in [-0.2, -0.15) is 36.4 Å². The van der Waals surface area contributed by atoms with Crippen LogP contribution in [0.5, 0.6) is 11.5 Å². The average molecular weight is 471 g/mol. The summed E-state index contributed by atoms with van der Waals surface area (Å²) in [4.78, 5) is 21.2. The summed E-state index contributed by atoms with van der Waals surface area (Å²) in [5.41, 5.74) is 0. The van der Waals surface area contributed by atoms with Crippen molar-refractivity contribution in [2.24, 2.45) is 0 Å². The van der Waals surface area contributed by atoms with Crippen molar-refractivity contribution in [1.82, 2.24) is 0 Å². The van der Waals surface area contributed by atoms with Crippen LogP contribution in [0, 0.1) is 12.1 Å². The second-order valence-electron chi connectivity index (χ2n) is 4.91. The van der Waals surface area contributed by atoms with Crippen molar-refractivity contribution in [2.45, 2.75) is 0 Å². The molecule has 2 aromatic carbocycles. The Hall–Kier alpha value is -2.44. The summed E-state index contributed by atoms with van der Waals surface area (Å²) in [6.07, 6.45) is 2.24. The predicted molar refractivity (Wildman–Crippen MR) is 104 cm³/mol. The van der Waals surface area contributed by atoms with Gasteiger partial charge >= 0.3 is 44.6 Å². The molecule has 2 aromatic rings. The van der Waals surface area contributed by atoms with Crippen LogP contribution < -0.4 is 9.47 Å². The van der Waals surface area contributed by atoms with Crippen molar-refractivity contribution < 1.29 is 61.2 Å². The van der Waals surface area contributed by atoms with Gasteiger partial charge in [0.2, 0.25) is 0 Å². The Kier molecular flexibility index (Phi) is 16.2. The molecule has 0 atom stereocenters. The molecule has 0 saturated carbocycles. The molecule has 0 aliphatic heterocycles. The molecule has 0 spiro atoms. The molecule has 0 bridgehead atoms. The first-order chi connectivity index (χ1) is 13.7. The Balaban J connectivity index is 0.000000523. The zero-order valence-corrected chi connectivity index (χ0v) is 18.9. The van der Waals surface area contributed by atoms with Crippen molar-refractivity contribution in [3.05, 3.63) is 86.0 Å². The molecule has 7 heteroatoms. The number of benzene rings is 2. The van der Waals surface area contributed by atoms with Crippen LogP contribution in [0.2, 0.25) is 0 Å². The minimum absolute atomic E-state index is 0. The smallest absolute Gasteiger partial charge is 0.515 e. The van der Waals surface area contributed by atoms with Gasteiger partial charge in [0.05, 0.1) is 0 Å². The fourth-order valence-electron chi connectivity index (χ4n) is 1.66. The maximum Gasteiger partial charge on any atom is 3.00 e. The number of carbonyl (C=O) groups excluding carboxylic acids is 2. The van der Waals surface area contributed by atoms with Crippen LogP contribution in [0.15, 0.2) is 73.8 Å². The molecule has 0 aliphatic rings. The molecule has 29 heavy (non-hydrogen) atoms. The molecule has 2 rings (SSSR count). The molecule has 0 N–H and O–H groups in total. The maximum absolute atomic E-state index is 10.6. The molecule has 148 valence electrons. The molecule has 0 aliphatic carbocycles. The SMILES string of the molecule is C=CC(=O)OCCOc1cc[c-]cc1.C=CC(=O)OCCOc1cc[c-]cc1.[Y+3]. The second-order valence-corrected chi connectivity index (χ2v) is 4.91. The summed E-state index contributed by atoms with van der Waals surface area (Å²) in [5, 5.41) is 0. The molecule has 0 fully saturated rings. The van der Waals surface area contributed by atoms with Crippen molar-refractivity contribution in [3.8, 4) is 11.5 Å². The van der Waals surface area contributed by atoms with E-state index in [9.17, 15) is 9.59 Å². The second kappa shape index (κ2) is 17.6. The van der Waals surface area contributed by atoms with E-state index in [4.69, 9.17) is 18.9 Å². The van der Waals surface area contributed by atoms with Crippen molar-refractivity contribution >= 4 is 11.9 Å². The van der Waals surface area contributed by atoms with E-state index in [1.54, 1.807) is 48.5 Å². The molecule has 0 heterocycles. The Morgan fingerprint density at radius 1 is 0.724 bits per heavy atom. The summed E-state index contributed by atoms with van der Waals surface area (Å²) in [5.74, 6) is 0.599. The Bertz CT molecular complexity index is 655. The minimum atomic E-state index is -0.435. The van der Waals surface area contributed by atoms with Crippen molar-refractivity contribution in [1.29, 1.82) is 0 Å². The third kappa shape index (κ3) is 14.2. The van der Waals surface area contributed by atoms with Gasteiger partial charge in [0, 0.05) is 23.7 Å². The topological polar surface area (TPSA) is 71.1 Å². The third-order valence-electron chi connectivity index (χ3n) is 2.90. The fraction of sp³-hybridized carbons (Fsp3) is 0.182. The minimum Gasteiger partial charge on any atom is -0.515 e. The van der Waals surface area contributed by atoms with E-state index in [-0.39, 0.29) is 45.9 Å². The van der Waals surface area contributed by atoms with Crippen molar-refractivity contribution in [3.63, 3.8) is 0 Å². The van der Waals surface area contributed by atoms with E-state index in [1.807, 2.05) is 0 Å². The standard InChI is InChI=1S/2C11H11O3.Y/c2*1-2-11(12)14-9-8-13-10-6-4-3-5-7-10;/h2*2,4-7H,1,8-9H2;/q2*-1;+3. The van der Waals surface area contributed by atoms with Gasteiger partial charge in [-0.1, -0.05) is 13.2 Å². The molecule has 0 saturated heterocycles. The molecule has 0 unspecified atom stereocenters. The summed E-state index contributed by atoms with van der Waals surface area (Å²) >= 11 is 0. The largest absolute Gasteiger partial charge is 3.00 e. The van der Waals surface area contributed by atoms with Crippen LogP contribution in [0.4, 0.5) is 0 Å². The number of esters is 2. The number of carbonyl (C=O) groups is 2. The Morgan fingerprint density at radius 2 is 1.07 bits per heavy atom. The molecular weight excluding hydrogens is 449 g/mol. The Labute approximate surface area is 196 Å². The monoisotopic (exact) mass is 471 g/mol. The van der Waals surface area contributed by atoms with E-state index in [1.165, 1.54) is 0 Å². The third-order valence-corrected chi connectivity index (χ3v) is 2.90. The summed E-state index contributed by atoms with van der Waals surface area (Å²) in [6.45, 7) is 7.68. The quantitative estimate of drug-likeness (QED) is 0.230. The predicted octanol–water partition coefficient (Wildman–Crippen LogP) is 3.19. The average Bonchev–Trinajstić information content (AvgIpc) is 2.76. The van der Waals surface area contributed by atoms with Crippen LogP contribution in [-0.2, 0) is 51.8 Å². The van der Waals surface area contributed by atoms with Crippen molar-refractivity contribution in [2.75, 3.05) is 26.4 Å². The van der Waals surface area contributed by atoms with Gasteiger partial charge in [0.15, 0.2) is 0 Å². The van der Waals surface area contributed by atoms with Crippen LogP contribution in [0.1, 0.15) is 0 Å². The van der Waals surface area contributed by atoms with E-state index < -0.39 is 11.9 Å². The van der Waals surface area contributed by atoms with E-state index in [2.05, 4.69) is 25.3 Å². The van der Waals surface area contributed by atoms with E-state index in [0.29, 0.717) is 13.2 Å².